The van der Waals surface area contributed by atoms with E-state index in [2.05, 4.69) is 5.32 Å². The molecule has 0 bridgehead atoms. The summed E-state index contributed by atoms with van der Waals surface area (Å²) in [4.78, 5) is 22.9. The first kappa shape index (κ1) is 13.8. The minimum atomic E-state index is -0.506. The normalized spacial score (nSPS) is 18.3. The molecule has 1 atom stereocenters. The summed E-state index contributed by atoms with van der Waals surface area (Å²) in [6.45, 7) is 2.09. The number of hydrogen-bond donors (Lipinski definition) is 1. The summed E-state index contributed by atoms with van der Waals surface area (Å²) < 4.78 is 10.8. The Labute approximate surface area is 112 Å². The van der Waals surface area contributed by atoms with Gasteiger partial charge in [0.05, 0.1) is 18.9 Å². The van der Waals surface area contributed by atoms with Crippen molar-refractivity contribution in [2.24, 2.45) is 0 Å². The van der Waals surface area contributed by atoms with Gasteiger partial charge in [-0.05, 0) is 31.9 Å². The molecule has 0 spiro atoms. The van der Waals surface area contributed by atoms with Crippen LogP contribution in [0.3, 0.4) is 0 Å². The summed E-state index contributed by atoms with van der Waals surface area (Å²) in [5, 5.41) is 2.76. The van der Waals surface area contributed by atoms with Gasteiger partial charge in [0, 0.05) is 12.8 Å². The Hall–Kier alpha value is -1.62. The molecule has 1 aliphatic carbocycles. The summed E-state index contributed by atoms with van der Waals surface area (Å²) in [6, 6.07) is 3.58. The zero-order chi connectivity index (χ0) is 13.7. The van der Waals surface area contributed by atoms with E-state index >= 15 is 0 Å². The molecule has 1 amide bonds. The van der Waals surface area contributed by atoms with Crippen molar-refractivity contribution in [1.82, 2.24) is 5.32 Å². The highest BCUT2D eigenvalue weighted by Crippen LogP contribution is 2.19. The summed E-state index contributed by atoms with van der Waals surface area (Å²) in [7, 11) is 0. The van der Waals surface area contributed by atoms with Gasteiger partial charge < -0.3 is 14.5 Å². The van der Waals surface area contributed by atoms with Crippen LogP contribution in [0.4, 0.5) is 0 Å². The molecule has 5 nitrogen and oxygen atoms in total. The van der Waals surface area contributed by atoms with Gasteiger partial charge in [0.1, 0.15) is 17.6 Å². The van der Waals surface area contributed by atoms with E-state index in [0.717, 1.165) is 0 Å². The van der Waals surface area contributed by atoms with Crippen LogP contribution >= 0.6 is 0 Å². The Morgan fingerprint density at radius 1 is 1.53 bits per heavy atom. The van der Waals surface area contributed by atoms with E-state index in [1.54, 1.807) is 25.3 Å². The number of furan rings is 1. The molecule has 1 fully saturated rings. The van der Waals surface area contributed by atoms with Crippen LogP contribution in [0.1, 0.15) is 38.4 Å². The standard InChI is InChI=1S/C14H19NO4/c1-10(19-12-6-4-11(16)5-7-12)14(17)15-9-13-3-2-8-18-13/h2-3,8,10,12H,4-7,9H2,1H3,(H,15,17). The van der Waals surface area contributed by atoms with E-state index in [9.17, 15) is 9.59 Å². The molecule has 1 heterocycles. The Morgan fingerprint density at radius 3 is 2.89 bits per heavy atom. The van der Waals surface area contributed by atoms with Gasteiger partial charge in [0.25, 0.3) is 0 Å². The SMILES string of the molecule is CC(OC1CCC(=O)CC1)C(=O)NCc1ccco1. The predicted octanol–water partition coefficient (Wildman–Crippen LogP) is 1.81. The minimum Gasteiger partial charge on any atom is -0.467 e. The second kappa shape index (κ2) is 6.52. The molecular weight excluding hydrogens is 246 g/mol. The second-order valence-electron chi connectivity index (χ2n) is 4.81. The summed E-state index contributed by atoms with van der Waals surface area (Å²) in [5.74, 6) is 0.840. The molecule has 1 aromatic rings. The second-order valence-corrected chi connectivity index (χ2v) is 4.81. The maximum atomic E-state index is 11.8. The summed E-state index contributed by atoms with van der Waals surface area (Å²) >= 11 is 0. The van der Waals surface area contributed by atoms with Crippen molar-refractivity contribution in [3.8, 4) is 0 Å². The van der Waals surface area contributed by atoms with Crippen molar-refractivity contribution in [2.75, 3.05) is 0 Å². The number of hydrogen-bond acceptors (Lipinski definition) is 4. The Balaban J connectivity index is 1.71. The van der Waals surface area contributed by atoms with Crippen LogP contribution in [0.15, 0.2) is 22.8 Å². The molecule has 104 valence electrons. The van der Waals surface area contributed by atoms with Crippen LogP contribution in [0, 0.1) is 0 Å². The number of carbonyl (C=O) groups is 2. The van der Waals surface area contributed by atoms with E-state index in [1.165, 1.54) is 0 Å². The highest BCUT2D eigenvalue weighted by Gasteiger charge is 2.23. The maximum absolute atomic E-state index is 11.8. The molecule has 0 aromatic carbocycles. The molecule has 1 unspecified atom stereocenters. The van der Waals surface area contributed by atoms with Crippen LogP contribution in [-0.4, -0.2) is 23.9 Å². The van der Waals surface area contributed by atoms with E-state index in [4.69, 9.17) is 9.15 Å². The number of ketones is 1. The lowest BCUT2D eigenvalue weighted by atomic mass is 9.96. The van der Waals surface area contributed by atoms with Gasteiger partial charge in [0.2, 0.25) is 5.91 Å². The number of nitrogens with one attached hydrogen (secondary N) is 1. The van der Waals surface area contributed by atoms with Crippen LogP contribution in [-0.2, 0) is 20.9 Å². The molecule has 19 heavy (non-hydrogen) atoms. The minimum absolute atomic E-state index is 0.0158. The Morgan fingerprint density at radius 2 is 2.26 bits per heavy atom. The average molecular weight is 265 g/mol. The van der Waals surface area contributed by atoms with Crippen molar-refractivity contribution >= 4 is 11.7 Å². The van der Waals surface area contributed by atoms with E-state index in [1.807, 2.05) is 0 Å². The summed E-state index contributed by atoms with van der Waals surface area (Å²) in [5.41, 5.74) is 0. The fourth-order valence-electron chi connectivity index (χ4n) is 2.13. The van der Waals surface area contributed by atoms with Gasteiger partial charge in [0.15, 0.2) is 0 Å². The highest BCUT2D eigenvalue weighted by atomic mass is 16.5. The first-order valence-corrected chi connectivity index (χ1v) is 6.62. The molecule has 1 aromatic heterocycles. The molecule has 1 saturated carbocycles. The maximum Gasteiger partial charge on any atom is 0.249 e. The van der Waals surface area contributed by atoms with Crippen molar-refractivity contribution in [3.05, 3.63) is 24.2 Å². The molecular formula is C14H19NO4. The molecule has 0 aliphatic heterocycles. The zero-order valence-corrected chi connectivity index (χ0v) is 11.1. The van der Waals surface area contributed by atoms with E-state index < -0.39 is 6.10 Å². The smallest absolute Gasteiger partial charge is 0.249 e. The number of carbonyl (C=O) groups excluding carboxylic acids is 2. The highest BCUT2D eigenvalue weighted by molar-refractivity contribution is 5.80. The van der Waals surface area contributed by atoms with Crippen LogP contribution in [0.25, 0.3) is 0 Å². The molecule has 2 rings (SSSR count). The van der Waals surface area contributed by atoms with Gasteiger partial charge in [-0.1, -0.05) is 0 Å². The van der Waals surface area contributed by atoms with Crippen LogP contribution in [0.2, 0.25) is 0 Å². The zero-order valence-electron chi connectivity index (χ0n) is 11.1. The summed E-state index contributed by atoms with van der Waals surface area (Å²) in [6.07, 6.45) is 3.63. The largest absolute Gasteiger partial charge is 0.467 e. The van der Waals surface area contributed by atoms with Crippen molar-refractivity contribution in [1.29, 1.82) is 0 Å². The Bertz CT molecular complexity index is 417. The first-order chi connectivity index (χ1) is 9.15. The molecule has 1 N–H and O–H groups in total. The van der Waals surface area contributed by atoms with Gasteiger partial charge in [-0.3, -0.25) is 9.59 Å². The molecule has 0 saturated heterocycles. The van der Waals surface area contributed by atoms with Crippen molar-refractivity contribution < 1.29 is 18.7 Å². The number of Topliss-reactive ketones (excluding diaryl/α,β-unsaturated/α-hetero) is 1. The molecule has 0 radical (unpaired) electrons. The fraction of sp³-hybridized carbons (Fsp3) is 0.571. The third-order valence-electron chi connectivity index (χ3n) is 3.27. The van der Waals surface area contributed by atoms with Crippen molar-refractivity contribution in [2.45, 2.75) is 51.4 Å². The average Bonchev–Trinajstić information content (AvgIpc) is 2.91. The molecule has 5 heteroatoms. The van der Waals surface area contributed by atoms with Crippen LogP contribution < -0.4 is 5.32 Å². The molecule has 1 aliphatic rings. The van der Waals surface area contributed by atoms with Crippen molar-refractivity contribution in [3.63, 3.8) is 0 Å². The van der Waals surface area contributed by atoms with E-state index in [0.29, 0.717) is 38.0 Å². The topological polar surface area (TPSA) is 68.5 Å². The first-order valence-electron chi connectivity index (χ1n) is 6.62. The van der Waals surface area contributed by atoms with Gasteiger partial charge in [-0.15, -0.1) is 0 Å². The van der Waals surface area contributed by atoms with Crippen LogP contribution in [0.5, 0.6) is 0 Å². The number of ether oxygens (including phenoxy) is 1. The van der Waals surface area contributed by atoms with Gasteiger partial charge >= 0.3 is 0 Å². The lowest BCUT2D eigenvalue weighted by Gasteiger charge is -2.24. The third-order valence-corrected chi connectivity index (χ3v) is 3.27. The monoisotopic (exact) mass is 265 g/mol. The third kappa shape index (κ3) is 4.21. The fourth-order valence-corrected chi connectivity index (χ4v) is 2.13. The van der Waals surface area contributed by atoms with Gasteiger partial charge in [-0.2, -0.15) is 0 Å². The lowest BCUT2D eigenvalue weighted by Crippen LogP contribution is -2.37. The van der Waals surface area contributed by atoms with E-state index in [-0.39, 0.29) is 17.8 Å². The number of rotatable bonds is 5. The quantitative estimate of drug-likeness (QED) is 0.881. The number of amides is 1. The Kier molecular flexibility index (Phi) is 4.74. The lowest BCUT2D eigenvalue weighted by molar-refractivity contribution is -0.138. The predicted molar refractivity (Wildman–Crippen MR) is 68.4 cm³/mol. The van der Waals surface area contributed by atoms with Gasteiger partial charge in [-0.25, -0.2) is 0 Å².